The van der Waals surface area contributed by atoms with Crippen molar-refractivity contribution in [2.75, 3.05) is 0 Å². The van der Waals surface area contributed by atoms with Crippen molar-refractivity contribution in [3.63, 3.8) is 0 Å². The van der Waals surface area contributed by atoms with Gasteiger partial charge in [-0.05, 0) is 100 Å². The number of hydrogen-bond donors (Lipinski definition) is 7. The van der Waals surface area contributed by atoms with Gasteiger partial charge < -0.3 is 35.5 Å². The van der Waals surface area contributed by atoms with E-state index in [1.54, 1.807) is 19.9 Å². The lowest BCUT2D eigenvalue weighted by molar-refractivity contribution is -0.138. The lowest BCUT2D eigenvalue weighted by Gasteiger charge is -2.41. The topological polar surface area (TPSA) is 210 Å². The maximum Gasteiger partial charge on any atom is 0.303 e. The molecule has 5 rings (SSSR count). The fourth-order valence-corrected chi connectivity index (χ4v) is 7.85. The van der Waals surface area contributed by atoms with Crippen molar-refractivity contribution in [2.24, 2.45) is 0 Å². The zero-order chi connectivity index (χ0) is 36.9. The number of nitrogens with one attached hydrogen (secondary N) is 2. The van der Waals surface area contributed by atoms with Crippen molar-refractivity contribution < 1.29 is 39.9 Å². The highest BCUT2D eigenvalue weighted by molar-refractivity contribution is 5.93. The molecule has 2 unspecified atom stereocenters. The molecule has 0 aromatic carbocycles. The maximum absolute atomic E-state index is 12.0. The number of carbonyl (C=O) groups is 3. The van der Waals surface area contributed by atoms with Gasteiger partial charge in [0.05, 0.1) is 23.6 Å². The molecule has 266 valence electrons. The molecule has 0 saturated carbocycles. The number of aryl methyl sites for hydroxylation is 2. The second-order valence-electron chi connectivity index (χ2n) is 14.2. The van der Waals surface area contributed by atoms with Crippen LogP contribution in [-0.4, -0.2) is 63.4 Å². The number of allylic oxidation sites excluding steroid dienone is 2. The van der Waals surface area contributed by atoms with Crippen molar-refractivity contribution >= 4 is 51.1 Å². The van der Waals surface area contributed by atoms with E-state index >= 15 is 0 Å². The average molecular weight is 687 g/mol. The van der Waals surface area contributed by atoms with E-state index in [4.69, 9.17) is 9.97 Å². The number of aromatic amines is 2. The van der Waals surface area contributed by atoms with Gasteiger partial charge in [-0.3, -0.25) is 19.4 Å². The number of aliphatic carboxylic acids is 3. The molecule has 7 N–H and O–H groups in total. The van der Waals surface area contributed by atoms with E-state index in [9.17, 15) is 39.9 Å². The number of hydrogen-bond acceptors (Lipinski definition) is 7. The molecule has 0 spiro atoms. The lowest BCUT2D eigenvalue weighted by Crippen LogP contribution is -2.42. The van der Waals surface area contributed by atoms with Gasteiger partial charge in [0.2, 0.25) is 0 Å². The van der Waals surface area contributed by atoms with Crippen LogP contribution in [0.2, 0.25) is 0 Å². The number of nitrogens with zero attached hydrogens (tertiary/aromatic N) is 2. The van der Waals surface area contributed by atoms with E-state index in [0.29, 0.717) is 61.5 Å². The van der Waals surface area contributed by atoms with Crippen LogP contribution in [0, 0.1) is 13.8 Å². The molecular formula is C38H46N4O8. The van der Waals surface area contributed by atoms with Gasteiger partial charge in [-0.1, -0.05) is 13.8 Å². The first-order chi connectivity index (χ1) is 23.4. The zero-order valence-electron chi connectivity index (χ0n) is 29.6. The van der Waals surface area contributed by atoms with Gasteiger partial charge in [-0.2, -0.15) is 0 Å². The van der Waals surface area contributed by atoms with Crippen LogP contribution < -0.4 is 0 Å². The standard InChI is InChI=1S/C38H46N4O8/c1-18-23(8-9-32(45)46)27-17-31-38(12-10-33(47)48,13-11-34(49)50)37(6,7)30(42-31)16-26-20(3)36(22(5)44)29(41-26)15-25-19(2)35(21(4)43)28(40-25)14-24(18)39-27/h14-17,21-22,40-41,43-44H,8-13H2,1-7H3,(H,45,46)(H,47,48)(H,49,50). The minimum absolute atomic E-state index is 0.0993. The highest BCUT2D eigenvalue weighted by atomic mass is 16.4. The Kier molecular flexibility index (Phi) is 9.83. The summed E-state index contributed by atoms with van der Waals surface area (Å²) in [6, 6.07) is 7.36. The summed E-state index contributed by atoms with van der Waals surface area (Å²) in [6.07, 6.45) is -1.93. The molecular weight excluding hydrogens is 640 g/mol. The number of aromatic nitrogens is 4. The van der Waals surface area contributed by atoms with Crippen LogP contribution in [-0.2, 0) is 25.2 Å². The van der Waals surface area contributed by atoms with E-state index in [1.165, 1.54) is 0 Å². The molecule has 2 aliphatic rings. The Morgan fingerprint density at radius 2 is 1.18 bits per heavy atom. The molecule has 2 atom stereocenters. The molecule has 50 heavy (non-hydrogen) atoms. The number of aliphatic hydroxyl groups excluding tert-OH is 2. The van der Waals surface area contributed by atoms with Gasteiger partial charge in [-0.15, -0.1) is 0 Å². The van der Waals surface area contributed by atoms with Gasteiger partial charge in [0, 0.05) is 74.7 Å². The predicted octanol–water partition coefficient (Wildman–Crippen LogP) is 6.78. The monoisotopic (exact) mass is 686 g/mol. The fourth-order valence-electron chi connectivity index (χ4n) is 7.85. The minimum Gasteiger partial charge on any atom is -0.481 e. The molecule has 0 saturated heterocycles. The van der Waals surface area contributed by atoms with Gasteiger partial charge in [0.25, 0.3) is 0 Å². The van der Waals surface area contributed by atoms with Crippen LogP contribution in [0.1, 0.15) is 130 Å². The van der Waals surface area contributed by atoms with Crippen molar-refractivity contribution in [3.8, 4) is 0 Å². The molecule has 3 aromatic heterocycles. The number of carboxylic acids is 3. The summed E-state index contributed by atoms with van der Waals surface area (Å²) in [5, 5.41) is 51.1. The summed E-state index contributed by atoms with van der Waals surface area (Å²) in [5.41, 5.74) is 7.21. The molecule has 2 aliphatic heterocycles. The lowest BCUT2D eigenvalue weighted by atomic mass is 9.59. The third-order valence-electron chi connectivity index (χ3n) is 10.8. The van der Waals surface area contributed by atoms with E-state index < -0.39 is 40.9 Å². The van der Waals surface area contributed by atoms with Crippen LogP contribution in [0.5, 0.6) is 0 Å². The van der Waals surface area contributed by atoms with Crippen molar-refractivity contribution in [3.05, 3.63) is 69.3 Å². The molecule has 12 nitrogen and oxygen atoms in total. The van der Waals surface area contributed by atoms with Crippen molar-refractivity contribution in [1.29, 1.82) is 0 Å². The third-order valence-corrected chi connectivity index (χ3v) is 10.8. The van der Waals surface area contributed by atoms with Gasteiger partial charge in [-0.25, -0.2) is 4.98 Å². The first kappa shape index (κ1) is 36.5. The second-order valence-corrected chi connectivity index (χ2v) is 14.2. The Morgan fingerprint density at radius 1 is 0.680 bits per heavy atom. The largest absolute Gasteiger partial charge is 0.481 e. The Morgan fingerprint density at radius 3 is 1.68 bits per heavy atom. The summed E-state index contributed by atoms with van der Waals surface area (Å²) in [6.45, 7) is 12.9. The number of fused-ring (bicyclic) bond motifs is 8. The van der Waals surface area contributed by atoms with E-state index in [-0.39, 0.29) is 38.5 Å². The molecule has 0 amide bonds. The highest BCUT2D eigenvalue weighted by Gasteiger charge is 2.53. The average Bonchev–Trinajstić information content (AvgIpc) is 3.64. The van der Waals surface area contributed by atoms with E-state index in [2.05, 4.69) is 9.97 Å². The first-order valence-electron chi connectivity index (χ1n) is 16.9. The quantitative estimate of drug-likeness (QED) is 0.112. The number of rotatable bonds is 11. The Labute approximate surface area is 290 Å². The summed E-state index contributed by atoms with van der Waals surface area (Å²) < 4.78 is 0. The number of aliphatic hydroxyl groups is 2. The van der Waals surface area contributed by atoms with E-state index in [0.717, 1.165) is 16.7 Å². The van der Waals surface area contributed by atoms with Crippen molar-refractivity contribution in [1.82, 2.24) is 19.9 Å². The van der Waals surface area contributed by atoms with Gasteiger partial charge in [0.1, 0.15) is 0 Å². The summed E-state index contributed by atoms with van der Waals surface area (Å²) in [5.74, 6) is -3.03. The van der Waals surface area contributed by atoms with E-state index in [1.807, 2.05) is 52.8 Å². The normalized spacial score (nSPS) is 16.3. The van der Waals surface area contributed by atoms with Gasteiger partial charge in [0.15, 0.2) is 0 Å². The predicted molar refractivity (Wildman–Crippen MR) is 190 cm³/mol. The molecule has 0 fully saturated rings. The smallest absolute Gasteiger partial charge is 0.303 e. The van der Waals surface area contributed by atoms with Crippen LogP contribution in [0.25, 0.3) is 33.2 Å². The van der Waals surface area contributed by atoms with Crippen LogP contribution >= 0.6 is 0 Å². The molecule has 0 radical (unpaired) electrons. The van der Waals surface area contributed by atoms with Crippen LogP contribution in [0.15, 0.2) is 24.3 Å². The summed E-state index contributed by atoms with van der Waals surface area (Å²) in [4.78, 5) is 52.8. The Hall–Kier alpha value is -4.81. The SMILES string of the molecule is CC1=C(CCC(=O)O)c2cc3nc(cc4[nH]c(cc5[nH]c(cc1n2)c(C(C)O)c5C)c(C(C)O)c4C)C(C)(C)C3(CCC(=O)O)CCC(=O)O. The minimum atomic E-state index is -1.04. The zero-order valence-corrected chi connectivity index (χ0v) is 29.6. The number of carboxylic acid groups (broad SMARTS) is 3. The third kappa shape index (κ3) is 6.45. The highest BCUT2D eigenvalue weighted by Crippen LogP contribution is 2.53. The maximum atomic E-state index is 12.0. The molecule has 0 aliphatic carbocycles. The van der Waals surface area contributed by atoms with Crippen molar-refractivity contribution in [2.45, 2.75) is 110 Å². The molecule has 5 heterocycles. The Bertz CT molecular complexity index is 2070. The Balaban J connectivity index is 2.01. The van der Waals surface area contributed by atoms with Crippen LogP contribution in [0.3, 0.4) is 0 Å². The molecule has 8 bridgehead atoms. The van der Waals surface area contributed by atoms with Gasteiger partial charge >= 0.3 is 17.9 Å². The first-order valence-corrected chi connectivity index (χ1v) is 16.9. The second kappa shape index (κ2) is 13.5. The fraction of sp³-hybridized carbons (Fsp3) is 0.447. The molecule has 3 aromatic rings. The van der Waals surface area contributed by atoms with Crippen LogP contribution in [0.4, 0.5) is 0 Å². The summed E-state index contributed by atoms with van der Waals surface area (Å²) >= 11 is 0. The summed E-state index contributed by atoms with van der Waals surface area (Å²) in [7, 11) is 0. The molecule has 12 heteroatoms. The number of H-pyrrole nitrogens is 2.